The van der Waals surface area contributed by atoms with E-state index >= 15 is 0 Å². The number of aliphatic imine (C=N–C) groups is 1. The molecule has 3 aromatic rings. The first-order chi connectivity index (χ1) is 12.1. The van der Waals surface area contributed by atoms with Crippen LogP contribution in [0.25, 0.3) is 10.9 Å². The highest BCUT2D eigenvalue weighted by Gasteiger charge is 2.21. The second kappa shape index (κ2) is 6.71. The summed E-state index contributed by atoms with van der Waals surface area (Å²) < 4.78 is 28.2. The zero-order valence-corrected chi connectivity index (χ0v) is 15.2. The van der Waals surface area contributed by atoms with Gasteiger partial charge in [0, 0.05) is 28.0 Å². The van der Waals surface area contributed by atoms with Gasteiger partial charge < -0.3 is 4.98 Å². The molecule has 0 saturated carbocycles. The third kappa shape index (κ3) is 3.25. The Hall–Kier alpha value is -2.01. The molecule has 0 aliphatic heterocycles. The van der Waals surface area contributed by atoms with E-state index in [2.05, 4.69) is 33.0 Å². The average molecular weight is 403 g/mol. The van der Waals surface area contributed by atoms with Crippen LogP contribution in [0.3, 0.4) is 0 Å². The topological polar surface area (TPSA) is 28.1 Å². The van der Waals surface area contributed by atoms with Crippen LogP contribution in [0.1, 0.15) is 29.7 Å². The van der Waals surface area contributed by atoms with E-state index in [9.17, 15) is 8.78 Å². The molecule has 0 fully saturated rings. The Morgan fingerprint density at radius 1 is 1.04 bits per heavy atom. The lowest BCUT2D eigenvalue weighted by atomic mass is 9.94. The number of nitrogens with zero attached hydrogens (tertiary/aromatic N) is 1. The fraction of sp³-hybridized carbons (Fsp3) is 0.250. The summed E-state index contributed by atoms with van der Waals surface area (Å²) in [5.74, 6) is -1.62. The monoisotopic (exact) mass is 402 g/mol. The minimum atomic E-state index is -0.820. The van der Waals surface area contributed by atoms with E-state index in [0.29, 0.717) is 12.1 Å². The zero-order valence-electron chi connectivity index (χ0n) is 13.6. The molecule has 1 N–H and O–H groups in total. The molecule has 0 bridgehead atoms. The van der Waals surface area contributed by atoms with Crippen molar-refractivity contribution in [2.75, 3.05) is 6.54 Å². The number of aromatic nitrogens is 1. The number of rotatable bonds is 3. The Morgan fingerprint density at radius 3 is 2.60 bits per heavy atom. The first kappa shape index (κ1) is 16.5. The van der Waals surface area contributed by atoms with E-state index in [1.54, 1.807) is 0 Å². The zero-order chi connectivity index (χ0) is 17.4. The third-order valence-electron chi connectivity index (χ3n) is 4.69. The number of fused-ring (bicyclic) bond motifs is 3. The summed E-state index contributed by atoms with van der Waals surface area (Å²) in [7, 11) is 0. The lowest BCUT2D eigenvalue weighted by Crippen LogP contribution is -2.12. The summed E-state index contributed by atoms with van der Waals surface area (Å²) >= 11 is 3.44. The van der Waals surface area contributed by atoms with Crippen LogP contribution in [0.5, 0.6) is 0 Å². The maximum Gasteiger partial charge on any atom is 0.160 e. The van der Waals surface area contributed by atoms with Crippen molar-refractivity contribution in [1.82, 2.24) is 4.98 Å². The Balaban J connectivity index is 1.61. The summed E-state index contributed by atoms with van der Waals surface area (Å²) in [6, 6.07) is 10.8. The van der Waals surface area contributed by atoms with E-state index < -0.39 is 11.6 Å². The van der Waals surface area contributed by atoms with Gasteiger partial charge in [-0.25, -0.2) is 8.78 Å². The minimum Gasteiger partial charge on any atom is -0.353 e. The third-order valence-corrected chi connectivity index (χ3v) is 5.22. The first-order valence-electron chi connectivity index (χ1n) is 8.39. The minimum absolute atomic E-state index is 0.645. The number of benzene rings is 2. The normalized spacial score (nSPS) is 15.7. The van der Waals surface area contributed by atoms with Crippen molar-refractivity contribution in [1.29, 1.82) is 0 Å². The largest absolute Gasteiger partial charge is 0.353 e. The van der Waals surface area contributed by atoms with Crippen LogP contribution in [0.4, 0.5) is 8.78 Å². The lowest BCUT2D eigenvalue weighted by molar-refractivity contribution is 0.511. The molecule has 0 saturated heterocycles. The molecule has 0 radical (unpaired) electrons. The molecule has 4 rings (SSSR count). The van der Waals surface area contributed by atoms with Crippen LogP contribution in [0.2, 0.25) is 0 Å². The number of hydrogen-bond acceptors (Lipinski definition) is 1. The summed E-state index contributed by atoms with van der Waals surface area (Å²) in [5.41, 5.74) is 4.90. The molecule has 2 aromatic carbocycles. The van der Waals surface area contributed by atoms with Crippen molar-refractivity contribution in [2.24, 2.45) is 4.99 Å². The number of halogens is 3. The van der Waals surface area contributed by atoms with Crippen LogP contribution >= 0.6 is 15.9 Å². The molecule has 1 aliphatic rings. The lowest BCUT2D eigenvalue weighted by Gasteiger charge is -2.14. The SMILES string of the molecule is Fc1cc2[nH]c3c(c2cc1F)CCCC3=NCCc1ccc(Br)cc1. The summed E-state index contributed by atoms with van der Waals surface area (Å²) in [6.45, 7) is 0.703. The van der Waals surface area contributed by atoms with E-state index in [-0.39, 0.29) is 0 Å². The molecule has 0 amide bonds. The van der Waals surface area contributed by atoms with Gasteiger partial charge >= 0.3 is 0 Å². The molecule has 0 unspecified atom stereocenters. The van der Waals surface area contributed by atoms with Crippen molar-refractivity contribution >= 4 is 32.5 Å². The number of nitrogens with one attached hydrogen (secondary N) is 1. The van der Waals surface area contributed by atoms with Crippen molar-refractivity contribution in [2.45, 2.75) is 25.7 Å². The summed E-state index contributed by atoms with van der Waals surface area (Å²) in [5, 5.41) is 0.772. The quantitative estimate of drug-likeness (QED) is 0.592. The summed E-state index contributed by atoms with van der Waals surface area (Å²) in [4.78, 5) is 8.02. The van der Waals surface area contributed by atoms with Gasteiger partial charge in [-0.15, -0.1) is 0 Å². The van der Waals surface area contributed by atoms with Gasteiger partial charge in [-0.1, -0.05) is 28.1 Å². The van der Waals surface area contributed by atoms with Crippen LogP contribution in [0.15, 0.2) is 45.9 Å². The van der Waals surface area contributed by atoms with Gasteiger partial charge in [-0.05, 0) is 55.0 Å². The number of aryl methyl sites for hydroxylation is 1. The molecular formula is C20H17BrF2N2. The maximum absolute atomic E-state index is 13.6. The second-order valence-electron chi connectivity index (χ2n) is 6.35. The molecular weight excluding hydrogens is 386 g/mol. The van der Waals surface area contributed by atoms with E-state index in [1.165, 1.54) is 17.7 Å². The number of hydrogen-bond donors (Lipinski definition) is 1. The maximum atomic E-state index is 13.6. The van der Waals surface area contributed by atoms with Crippen LogP contribution < -0.4 is 0 Å². The van der Waals surface area contributed by atoms with Crippen molar-refractivity contribution in [3.63, 3.8) is 0 Å². The number of H-pyrrole nitrogens is 1. The van der Waals surface area contributed by atoms with E-state index in [1.807, 2.05) is 12.1 Å². The Morgan fingerprint density at radius 2 is 1.80 bits per heavy atom. The average Bonchev–Trinajstić information content (AvgIpc) is 2.95. The first-order valence-corrected chi connectivity index (χ1v) is 9.19. The smallest absolute Gasteiger partial charge is 0.160 e. The second-order valence-corrected chi connectivity index (χ2v) is 7.26. The molecule has 25 heavy (non-hydrogen) atoms. The van der Waals surface area contributed by atoms with Crippen molar-refractivity contribution < 1.29 is 8.78 Å². The van der Waals surface area contributed by atoms with Gasteiger partial charge in [0.15, 0.2) is 11.6 Å². The van der Waals surface area contributed by atoms with Crippen LogP contribution in [0, 0.1) is 11.6 Å². The van der Waals surface area contributed by atoms with Crippen LogP contribution in [-0.4, -0.2) is 17.2 Å². The van der Waals surface area contributed by atoms with Gasteiger partial charge in [-0.3, -0.25) is 4.99 Å². The van der Waals surface area contributed by atoms with Crippen molar-refractivity contribution in [3.05, 3.63) is 69.3 Å². The highest BCUT2D eigenvalue weighted by molar-refractivity contribution is 9.10. The van der Waals surface area contributed by atoms with Gasteiger partial charge in [0.25, 0.3) is 0 Å². The molecule has 0 atom stereocenters. The van der Waals surface area contributed by atoms with Gasteiger partial charge in [-0.2, -0.15) is 0 Å². The standard InChI is InChI=1S/C20H17BrF2N2/c21-13-6-4-12(5-7-13)8-9-24-18-3-1-2-14-15-10-16(22)17(23)11-19(15)25-20(14)18/h4-7,10-11,25H,1-3,8-9H2. The van der Waals surface area contributed by atoms with E-state index in [4.69, 9.17) is 4.99 Å². The fourth-order valence-electron chi connectivity index (χ4n) is 3.44. The molecule has 1 heterocycles. The van der Waals surface area contributed by atoms with E-state index in [0.717, 1.165) is 52.5 Å². The predicted octanol–water partition coefficient (Wildman–Crippen LogP) is 5.58. The molecule has 128 valence electrons. The van der Waals surface area contributed by atoms with Gasteiger partial charge in [0.05, 0.1) is 11.4 Å². The molecule has 1 aromatic heterocycles. The molecule has 2 nitrogen and oxygen atoms in total. The van der Waals surface area contributed by atoms with Crippen molar-refractivity contribution in [3.8, 4) is 0 Å². The fourth-order valence-corrected chi connectivity index (χ4v) is 3.70. The highest BCUT2D eigenvalue weighted by Crippen LogP contribution is 2.30. The molecule has 0 spiro atoms. The van der Waals surface area contributed by atoms with Crippen LogP contribution in [-0.2, 0) is 12.8 Å². The Bertz CT molecular complexity index is 958. The predicted molar refractivity (Wildman–Crippen MR) is 100 cm³/mol. The molecule has 5 heteroatoms. The van der Waals surface area contributed by atoms with Gasteiger partial charge in [0.2, 0.25) is 0 Å². The number of aromatic amines is 1. The Kier molecular flexibility index (Phi) is 4.42. The highest BCUT2D eigenvalue weighted by atomic mass is 79.9. The van der Waals surface area contributed by atoms with Gasteiger partial charge in [0.1, 0.15) is 0 Å². The summed E-state index contributed by atoms with van der Waals surface area (Å²) in [6.07, 6.45) is 3.61. The molecule has 1 aliphatic carbocycles. The Labute approximate surface area is 153 Å².